The highest BCUT2D eigenvalue weighted by atomic mass is 16.5. The number of nitrogens with one attached hydrogen (secondary N) is 1. The van der Waals surface area contributed by atoms with E-state index in [1.165, 1.54) is 16.3 Å². The maximum Gasteiger partial charge on any atom is 0.123 e. The molecule has 0 spiro atoms. The first-order valence-electron chi connectivity index (χ1n) is 6.28. The van der Waals surface area contributed by atoms with Gasteiger partial charge in [0.15, 0.2) is 0 Å². The Labute approximate surface area is 101 Å². The van der Waals surface area contributed by atoms with Gasteiger partial charge in [-0.05, 0) is 16.8 Å². The lowest BCUT2D eigenvalue weighted by Crippen LogP contribution is -2.24. The predicted octanol–water partition coefficient (Wildman–Crippen LogP) is 2.54. The Morgan fingerprint density at radius 1 is 1.06 bits per heavy atom. The molecule has 1 N–H and O–H groups in total. The molecule has 1 fully saturated rings. The molecular formula is C15H15NO. The van der Waals surface area contributed by atoms with Crippen LogP contribution in [0.25, 0.3) is 10.8 Å². The second-order valence-electron chi connectivity index (χ2n) is 5.03. The van der Waals surface area contributed by atoms with Gasteiger partial charge >= 0.3 is 0 Å². The van der Waals surface area contributed by atoms with Crippen LogP contribution in [-0.4, -0.2) is 19.7 Å². The molecule has 2 heteroatoms. The number of benzene rings is 2. The zero-order chi connectivity index (χ0) is 11.2. The SMILES string of the molecule is c1ccc2c3c(ccc2c1)OC[C@@H]1CNC[C@H]31. The molecule has 2 aromatic carbocycles. The van der Waals surface area contributed by atoms with Crippen molar-refractivity contribution < 1.29 is 4.74 Å². The topological polar surface area (TPSA) is 21.3 Å². The summed E-state index contributed by atoms with van der Waals surface area (Å²) in [4.78, 5) is 0. The number of hydrogen-bond acceptors (Lipinski definition) is 2. The van der Waals surface area contributed by atoms with Crippen molar-refractivity contribution in [2.24, 2.45) is 5.92 Å². The molecule has 0 saturated carbocycles. The lowest BCUT2D eigenvalue weighted by Gasteiger charge is -2.29. The minimum Gasteiger partial charge on any atom is -0.493 e. The molecule has 2 aromatic rings. The first kappa shape index (κ1) is 9.49. The van der Waals surface area contributed by atoms with Crippen LogP contribution in [0.15, 0.2) is 36.4 Å². The van der Waals surface area contributed by atoms with Crippen LogP contribution in [0.4, 0.5) is 0 Å². The molecule has 2 nitrogen and oxygen atoms in total. The van der Waals surface area contributed by atoms with E-state index >= 15 is 0 Å². The van der Waals surface area contributed by atoms with Crippen LogP contribution in [0.3, 0.4) is 0 Å². The van der Waals surface area contributed by atoms with Crippen LogP contribution < -0.4 is 10.1 Å². The van der Waals surface area contributed by atoms with Crippen LogP contribution in [0.1, 0.15) is 11.5 Å². The number of rotatable bonds is 0. The van der Waals surface area contributed by atoms with E-state index in [0.717, 1.165) is 25.4 Å². The van der Waals surface area contributed by atoms with Gasteiger partial charge in [0, 0.05) is 30.5 Å². The summed E-state index contributed by atoms with van der Waals surface area (Å²) < 4.78 is 5.91. The summed E-state index contributed by atoms with van der Waals surface area (Å²) in [6, 6.07) is 12.9. The molecule has 0 bridgehead atoms. The normalized spacial score (nSPS) is 26.4. The lowest BCUT2D eigenvalue weighted by molar-refractivity contribution is 0.221. The van der Waals surface area contributed by atoms with E-state index in [1.54, 1.807) is 0 Å². The minimum atomic E-state index is 0.629. The fourth-order valence-corrected chi connectivity index (χ4v) is 3.23. The molecule has 2 aliphatic heterocycles. The van der Waals surface area contributed by atoms with Crippen LogP contribution >= 0.6 is 0 Å². The highest BCUT2D eigenvalue weighted by Gasteiger charge is 2.35. The zero-order valence-electron chi connectivity index (χ0n) is 9.65. The summed E-state index contributed by atoms with van der Waals surface area (Å²) in [5, 5.41) is 6.18. The quantitative estimate of drug-likeness (QED) is 0.744. The summed E-state index contributed by atoms with van der Waals surface area (Å²) in [7, 11) is 0. The predicted molar refractivity (Wildman–Crippen MR) is 68.5 cm³/mol. The maximum absolute atomic E-state index is 5.91. The molecule has 0 radical (unpaired) electrons. The van der Waals surface area contributed by atoms with E-state index < -0.39 is 0 Å². The highest BCUT2D eigenvalue weighted by Crippen LogP contribution is 2.42. The van der Waals surface area contributed by atoms with Crippen molar-refractivity contribution in [2.45, 2.75) is 5.92 Å². The van der Waals surface area contributed by atoms with Gasteiger partial charge in [-0.15, -0.1) is 0 Å². The Balaban J connectivity index is 2.01. The van der Waals surface area contributed by atoms with Crippen LogP contribution in [0.5, 0.6) is 5.75 Å². The fourth-order valence-electron chi connectivity index (χ4n) is 3.23. The van der Waals surface area contributed by atoms with Gasteiger partial charge in [0.05, 0.1) is 6.61 Å². The summed E-state index contributed by atoms with van der Waals surface area (Å²) in [5.41, 5.74) is 1.42. The Hall–Kier alpha value is -1.54. The van der Waals surface area contributed by atoms with Crippen molar-refractivity contribution >= 4 is 10.8 Å². The van der Waals surface area contributed by atoms with E-state index in [4.69, 9.17) is 4.74 Å². The first-order chi connectivity index (χ1) is 8.43. The summed E-state index contributed by atoms with van der Waals surface area (Å²) in [5.74, 6) is 2.37. The van der Waals surface area contributed by atoms with Crippen molar-refractivity contribution in [1.82, 2.24) is 5.32 Å². The van der Waals surface area contributed by atoms with E-state index in [1.807, 2.05) is 0 Å². The molecule has 2 atom stereocenters. The molecular weight excluding hydrogens is 210 g/mol. The molecule has 86 valence electrons. The van der Waals surface area contributed by atoms with E-state index in [0.29, 0.717) is 11.8 Å². The van der Waals surface area contributed by atoms with Gasteiger partial charge in [-0.25, -0.2) is 0 Å². The molecule has 0 amide bonds. The van der Waals surface area contributed by atoms with Crippen LogP contribution in [0, 0.1) is 5.92 Å². The number of ether oxygens (including phenoxy) is 1. The van der Waals surface area contributed by atoms with Crippen molar-refractivity contribution in [3.05, 3.63) is 42.0 Å². The molecule has 4 rings (SSSR count). The van der Waals surface area contributed by atoms with Crippen molar-refractivity contribution in [2.75, 3.05) is 19.7 Å². The summed E-state index contributed by atoms with van der Waals surface area (Å²) in [6.07, 6.45) is 0. The first-order valence-corrected chi connectivity index (χ1v) is 6.28. The molecule has 0 aliphatic carbocycles. The average molecular weight is 225 g/mol. The third-order valence-electron chi connectivity index (χ3n) is 4.09. The molecule has 2 aliphatic rings. The minimum absolute atomic E-state index is 0.629. The van der Waals surface area contributed by atoms with Gasteiger partial charge in [-0.1, -0.05) is 30.3 Å². The second-order valence-corrected chi connectivity index (χ2v) is 5.03. The van der Waals surface area contributed by atoms with E-state index in [-0.39, 0.29) is 0 Å². The van der Waals surface area contributed by atoms with E-state index in [9.17, 15) is 0 Å². The van der Waals surface area contributed by atoms with Crippen LogP contribution in [-0.2, 0) is 0 Å². The van der Waals surface area contributed by atoms with Crippen molar-refractivity contribution in [3.8, 4) is 5.75 Å². The Morgan fingerprint density at radius 2 is 2.00 bits per heavy atom. The van der Waals surface area contributed by atoms with Gasteiger partial charge in [-0.3, -0.25) is 0 Å². The van der Waals surface area contributed by atoms with Gasteiger partial charge in [-0.2, -0.15) is 0 Å². The Kier molecular flexibility index (Phi) is 1.94. The summed E-state index contributed by atoms with van der Waals surface area (Å²) >= 11 is 0. The number of fused-ring (bicyclic) bond motifs is 5. The molecule has 0 unspecified atom stereocenters. The molecule has 17 heavy (non-hydrogen) atoms. The van der Waals surface area contributed by atoms with E-state index in [2.05, 4.69) is 41.7 Å². The Morgan fingerprint density at radius 3 is 3.00 bits per heavy atom. The van der Waals surface area contributed by atoms with Gasteiger partial charge in [0.25, 0.3) is 0 Å². The fraction of sp³-hybridized carbons (Fsp3) is 0.333. The maximum atomic E-state index is 5.91. The summed E-state index contributed by atoms with van der Waals surface area (Å²) in [6.45, 7) is 3.05. The lowest BCUT2D eigenvalue weighted by atomic mass is 9.84. The molecule has 1 saturated heterocycles. The standard InChI is InChI=1S/C15H15NO/c1-2-4-12-10(3-1)5-6-14-15(12)13-8-16-7-11(13)9-17-14/h1-6,11,13,16H,7-9H2/t11-,13-/m0/s1. The monoisotopic (exact) mass is 225 g/mol. The Bertz CT molecular complexity index is 578. The number of hydrogen-bond donors (Lipinski definition) is 1. The zero-order valence-corrected chi connectivity index (χ0v) is 9.65. The highest BCUT2D eigenvalue weighted by molar-refractivity contribution is 5.88. The molecule has 0 aromatic heterocycles. The van der Waals surface area contributed by atoms with Gasteiger partial charge in [0.2, 0.25) is 0 Å². The van der Waals surface area contributed by atoms with Crippen LogP contribution in [0.2, 0.25) is 0 Å². The molecule has 2 heterocycles. The third kappa shape index (κ3) is 1.31. The van der Waals surface area contributed by atoms with Gasteiger partial charge in [0.1, 0.15) is 5.75 Å². The van der Waals surface area contributed by atoms with Crippen molar-refractivity contribution in [1.29, 1.82) is 0 Å². The largest absolute Gasteiger partial charge is 0.493 e. The van der Waals surface area contributed by atoms with Gasteiger partial charge < -0.3 is 10.1 Å². The smallest absolute Gasteiger partial charge is 0.123 e. The second kappa shape index (κ2) is 3.47. The van der Waals surface area contributed by atoms with Crippen molar-refractivity contribution in [3.63, 3.8) is 0 Å². The average Bonchev–Trinajstić information content (AvgIpc) is 2.86. The third-order valence-corrected chi connectivity index (χ3v) is 4.09.